The van der Waals surface area contributed by atoms with Gasteiger partial charge in [-0.3, -0.25) is 9.69 Å². The number of benzene rings is 1. The number of aromatic amines is 1. The Balaban J connectivity index is 0.000000429. The smallest absolute Gasteiger partial charge is 0.475 e. The Morgan fingerprint density at radius 1 is 1.17 bits per heavy atom. The van der Waals surface area contributed by atoms with E-state index in [9.17, 15) is 22.8 Å². The minimum Gasteiger partial charge on any atom is -0.475 e. The molecule has 2 amide bonds. The second-order valence-electron chi connectivity index (χ2n) is 7.44. The second kappa shape index (κ2) is 11.1. The molecule has 0 saturated carbocycles. The molecule has 1 aliphatic rings. The number of fused-ring (bicyclic) bond motifs is 1. The van der Waals surface area contributed by atoms with E-state index in [-0.39, 0.29) is 19.1 Å². The number of nitrogens with one attached hydrogen (secondary N) is 1. The summed E-state index contributed by atoms with van der Waals surface area (Å²) in [6, 6.07) is 13.2. The van der Waals surface area contributed by atoms with Crippen LogP contribution >= 0.6 is 11.6 Å². The number of carboxylic acids is 1. The van der Waals surface area contributed by atoms with Gasteiger partial charge in [0, 0.05) is 30.4 Å². The number of H-pyrrole nitrogens is 1. The highest BCUT2D eigenvalue weighted by molar-refractivity contribution is 6.34. The molecule has 1 saturated heterocycles. The maximum Gasteiger partial charge on any atom is 0.490 e. The normalized spacial score (nSPS) is 13.9. The predicted octanol–water partition coefficient (Wildman–Crippen LogP) is 3.83. The maximum absolute atomic E-state index is 12.5. The molecule has 0 atom stereocenters. The van der Waals surface area contributed by atoms with Gasteiger partial charge in [-0.15, -0.1) is 0 Å². The number of alkyl halides is 3. The van der Waals surface area contributed by atoms with E-state index in [2.05, 4.69) is 9.97 Å². The van der Waals surface area contributed by atoms with Crippen molar-refractivity contribution in [3.8, 4) is 0 Å². The zero-order valence-corrected chi connectivity index (χ0v) is 18.8. The van der Waals surface area contributed by atoms with Crippen molar-refractivity contribution in [1.29, 1.82) is 0 Å². The number of aliphatic carboxylic acids is 1. The Bertz CT molecular complexity index is 1200. The van der Waals surface area contributed by atoms with Crippen LogP contribution in [0.5, 0.6) is 0 Å². The molecule has 9 nitrogen and oxygen atoms in total. The molecule has 2 aromatic heterocycles. The molecule has 0 unspecified atom stereocenters. The fraction of sp³-hybridized carbons (Fsp3) is 0.273. The standard InChI is InChI=1S/C20H19ClN4O3.C2HF3O2/c21-19-16-10-15(23-17(16)6-7-22-19)11-24-8-9-25(12-18(24)26)20(27)28-13-14-4-2-1-3-5-14;3-2(4,5)1(6)7/h1-7,10,23H,8-9,11-13H2;(H,6,7). The van der Waals surface area contributed by atoms with E-state index < -0.39 is 18.2 Å². The number of hydrogen-bond donors (Lipinski definition) is 2. The van der Waals surface area contributed by atoms with Crippen molar-refractivity contribution >= 4 is 40.5 Å². The van der Waals surface area contributed by atoms with Gasteiger partial charge in [-0.05, 0) is 17.7 Å². The van der Waals surface area contributed by atoms with E-state index in [1.165, 1.54) is 4.90 Å². The summed E-state index contributed by atoms with van der Waals surface area (Å²) in [5, 5.41) is 8.38. The van der Waals surface area contributed by atoms with Crippen molar-refractivity contribution in [1.82, 2.24) is 19.8 Å². The highest BCUT2D eigenvalue weighted by Crippen LogP contribution is 2.23. The molecule has 4 rings (SSSR count). The topological polar surface area (TPSA) is 116 Å². The number of ether oxygens (including phenoxy) is 1. The lowest BCUT2D eigenvalue weighted by Crippen LogP contribution is -2.51. The first-order valence-electron chi connectivity index (χ1n) is 10.2. The zero-order chi connectivity index (χ0) is 25.6. The van der Waals surface area contributed by atoms with E-state index in [0.29, 0.717) is 24.8 Å². The van der Waals surface area contributed by atoms with Crippen molar-refractivity contribution < 1.29 is 37.4 Å². The number of pyridine rings is 1. The average Bonchev–Trinajstić information content (AvgIpc) is 3.23. The number of amides is 2. The van der Waals surface area contributed by atoms with E-state index in [1.54, 1.807) is 11.1 Å². The quantitative estimate of drug-likeness (QED) is 0.513. The number of nitrogens with zero attached hydrogens (tertiary/aromatic N) is 3. The molecule has 2 N–H and O–H groups in total. The molecule has 1 fully saturated rings. The number of rotatable bonds is 4. The zero-order valence-electron chi connectivity index (χ0n) is 18.1. The SMILES string of the molecule is O=C(O)C(F)(F)F.O=C1CN(C(=O)OCc2ccccc2)CCN1Cc1cc2c(Cl)nccc2[nH]1. The van der Waals surface area contributed by atoms with E-state index in [0.717, 1.165) is 22.2 Å². The maximum atomic E-state index is 12.5. The van der Waals surface area contributed by atoms with Crippen molar-refractivity contribution in [3.63, 3.8) is 0 Å². The number of hydrogen-bond acceptors (Lipinski definition) is 5. The van der Waals surface area contributed by atoms with Crippen LogP contribution in [0.1, 0.15) is 11.3 Å². The monoisotopic (exact) mass is 512 g/mol. The van der Waals surface area contributed by atoms with Crippen LogP contribution < -0.4 is 0 Å². The Labute approximate surface area is 202 Å². The van der Waals surface area contributed by atoms with Crippen LogP contribution in [0.25, 0.3) is 10.9 Å². The first-order chi connectivity index (χ1) is 16.5. The fourth-order valence-electron chi connectivity index (χ4n) is 3.21. The molecule has 0 spiro atoms. The molecule has 1 aromatic carbocycles. The van der Waals surface area contributed by atoms with E-state index >= 15 is 0 Å². The molecule has 0 bridgehead atoms. The Morgan fingerprint density at radius 3 is 2.46 bits per heavy atom. The Morgan fingerprint density at radius 2 is 1.86 bits per heavy atom. The third-order valence-electron chi connectivity index (χ3n) is 4.94. The van der Waals surface area contributed by atoms with Crippen LogP contribution in [0.4, 0.5) is 18.0 Å². The van der Waals surface area contributed by atoms with Gasteiger partial charge in [0.15, 0.2) is 0 Å². The molecular formula is C22H20ClF3N4O5. The first-order valence-corrected chi connectivity index (χ1v) is 10.6. The van der Waals surface area contributed by atoms with Gasteiger partial charge in [-0.2, -0.15) is 13.2 Å². The second-order valence-corrected chi connectivity index (χ2v) is 7.80. The van der Waals surface area contributed by atoms with Crippen LogP contribution in [0.3, 0.4) is 0 Å². The molecule has 186 valence electrons. The molecule has 3 heterocycles. The molecule has 35 heavy (non-hydrogen) atoms. The van der Waals surface area contributed by atoms with Crippen molar-refractivity contribution in [2.24, 2.45) is 0 Å². The van der Waals surface area contributed by atoms with Crippen LogP contribution in [-0.4, -0.2) is 68.7 Å². The number of carbonyl (C=O) groups excluding carboxylic acids is 2. The van der Waals surface area contributed by atoms with Gasteiger partial charge in [0.2, 0.25) is 5.91 Å². The van der Waals surface area contributed by atoms with Crippen LogP contribution in [-0.2, 0) is 27.5 Å². The van der Waals surface area contributed by atoms with Gasteiger partial charge in [0.1, 0.15) is 18.3 Å². The minimum absolute atomic E-state index is 0.0101. The lowest BCUT2D eigenvalue weighted by atomic mass is 10.2. The molecule has 13 heteroatoms. The summed E-state index contributed by atoms with van der Waals surface area (Å²) in [6.45, 7) is 1.51. The number of carbonyl (C=O) groups is 3. The number of halogens is 4. The molecule has 0 radical (unpaired) electrons. The lowest BCUT2D eigenvalue weighted by Gasteiger charge is -2.33. The third kappa shape index (κ3) is 7.09. The van der Waals surface area contributed by atoms with Gasteiger partial charge in [0.05, 0.1) is 12.1 Å². The molecule has 3 aromatic rings. The summed E-state index contributed by atoms with van der Waals surface area (Å²) >= 11 is 6.10. The van der Waals surface area contributed by atoms with E-state index in [4.69, 9.17) is 26.2 Å². The van der Waals surface area contributed by atoms with Crippen LogP contribution in [0, 0.1) is 0 Å². The third-order valence-corrected chi connectivity index (χ3v) is 5.24. The fourth-order valence-corrected chi connectivity index (χ4v) is 3.42. The average molecular weight is 513 g/mol. The van der Waals surface area contributed by atoms with Crippen LogP contribution in [0.15, 0.2) is 48.7 Å². The van der Waals surface area contributed by atoms with Crippen molar-refractivity contribution in [3.05, 3.63) is 65.1 Å². The van der Waals surface area contributed by atoms with Crippen molar-refractivity contribution in [2.75, 3.05) is 19.6 Å². The summed E-state index contributed by atoms with van der Waals surface area (Å²) in [5.74, 6) is -2.88. The predicted molar refractivity (Wildman–Crippen MR) is 118 cm³/mol. The van der Waals surface area contributed by atoms with E-state index in [1.807, 2.05) is 42.5 Å². The number of aromatic nitrogens is 2. The lowest BCUT2D eigenvalue weighted by molar-refractivity contribution is -0.192. The highest BCUT2D eigenvalue weighted by atomic mass is 35.5. The summed E-state index contributed by atoms with van der Waals surface area (Å²) in [4.78, 5) is 44.1. The minimum atomic E-state index is -5.08. The largest absolute Gasteiger partial charge is 0.490 e. The van der Waals surface area contributed by atoms with Crippen molar-refractivity contribution in [2.45, 2.75) is 19.3 Å². The van der Waals surface area contributed by atoms with Gasteiger partial charge in [-0.25, -0.2) is 14.6 Å². The van der Waals surface area contributed by atoms with Gasteiger partial charge in [0.25, 0.3) is 0 Å². The molecule has 0 aliphatic carbocycles. The Hall–Kier alpha value is -3.80. The highest BCUT2D eigenvalue weighted by Gasteiger charge is 2.38. The first kappa shape index (κ1) is 25.8. The van der Waals surface area contributed by atoms with Gasteiger partial charge < -0.3 is 19.7 Å². The number of carboxylic acid groups (broad SMARTS) is 1. The summed E-state index contributed by atoms with van der Waals surface area (Å²) in [6.07, 6.45) is -3.92. The summed E-state index contributed by atoms with van der Waals surface area (Å²) in [5.41, 5.74) is 2.66. The van der Waals surface area contributed by atoms with Gasteiger partial charge in [-0.1, -0.05) is 41.9 Å². The summed E-state index contributed by atoms with van der Waals surface area (Å²) in [7, 11) is 0. The summed E-state index contributed by atoms with van der Waals surface area (Å²) < 4.78 is 37.0. The number of piperazine rings is 1. The Kier molecular flexibility index (Phi) is 8.18. The molecule has 1 aliphatic heterocycles. The van der Waals surface area contributed by atoms with Crippen LogP contribution in [0.2, 0.25) is 5.15 Å². The van der Waals surface area contributed by atoms with Gasteiger partial charge >= 0.3 is 18.2 Å². The molecular weight excluding hydrogens is 493 g/mol.